The average Bonchev–Trinajstić information content (AvgIpc) is 3.03. The smallest absolute Gasteiger partial charge is 0.319 e. The van der Waals surface area contributed by atoms with E-state index in [2.05, 4.69) is 20.9 Å². The molecule has 3 N–H and O–H groups in total. The Bertz CT molecular complexity index is 1720. The van der Waals surface area contributed by atoms with Crippen molar-refractivity contribution in [2.24, 2.45) is 0 Å². The second kappa shape index (κ2) is 16.7. The van der Waals surface area contributed by atoms with Crippen LogP contribution >= 0.6 is 48.0 Å². The maximum absolute atomic E-state index is 13.0. The lowest BCUT2D eigenvalue weighted by molar-refractivity contribution is -0.117. The van der Waals surface area contributed by atoms with E-state index in [1.54, 1.807) is 48.3 Å². The van der Waals surface area contributed by atoms with Crippen molar-refractivity contribution in [1.29, 1.82) is 0 Å². The highest BCUT2D eigenvalue weighted by Crippen LogP contribution is 2.35. The van der Waals surface area contributed by atoms with Gasteiger partial charge < -0.3 is 30.5 Å². The number of halogens is 4. The zero-order valence-electron chi connectivity index (χ0n) is 25.1. The molecule has 1 aliphatic rings. The van der Waals surface area contributed by atoms with E-state index in [-0.39, 0.29) is 48.9 Å². The van der Waals surface area contributed by atoms with Crippen LogP contribution in [0.2, 0.25) is 10.0 Å². The predicted molar refractivity (Wildman–Crippen MR) is 187 cm³/mol. The van der Waals surface area contributed by atoms with Gasteiger partial charge in [-0.15, -0.1) is 24.8 Å². The molecule has 0 aliphatic carbocycles. The van der Waals surface area contributed by atoms with Gasteiger partial charge in [-0.05, 0) is 49.4 Å². The van der Waals surface area contributed by atoms with Crippen molar-refractivity contribution >= 4 is 88.1 Å². The number of piperazine rings is 1. The van der Waals surface area contributed by atoms with Crippen LogP contribution in [0.15, 0.2) is 66.7 Å². The molecule has 3 aromatic carbocycles. The Morgan fingerprint density at radius 2 is 1.74 bits per heavy atom. The van der Waals surface area contributed by atoms with Gasteiger partial charge in [-0.2, -0.15) is 0 Å². The number of nitrogens with one attached hydrogen (secondary N) is 3. The summed E-state index contributed by atoms with van der Waals surface area (Å²) < 4.78 is 6.08. The summed E-state index contributed by atoms with van der Waals surface area (Å²) in [5.41, 5.74) is 3.42. The number of anilines is 2. The highest BCUT2D eigenvalue weighted by molar-refractivity contribution is 6.38. The highest BCUT2D eigenvalue weighted by Gasteiger charge is 2.21. The number of hydrogen-bond donors (Lipinski definition) is 3. The van der Waals surface area contributed by atoms with Crippen molar-refractivity contribution in [2.75, 3.05) is 50.0 Å². The lowest BCUT2D eigenvalue weighted by Crippen LogP contribution is -2.46. The Balaban J connectivity index is 0.00000288. The number of aromatic nitrogens is 1. The summed E-state index contributed by atoms with van der Waals surface area (Å²) in [6.07, 6.45) is 0. The molecule has 0 atom stereocenters. The van der Waals surface area contributed by atoms with Crippen LogP contribution in [-0.2, 0) is 11.4 Å². The molecule has 10 nitrogen and oxygen atoms in total. The van der Waals surface area contributed by atoms with Crippen LogP contribution in [0.25, 0.3) is 10.9 Å². The number of urea groups is 1. The number of hydrogen-bond acceptors (Lipinski definition) is 6. The van der Waals surface area contributed by atoms with E-state index in [9.17, 15) is 14.4 Å². The first kappa shape index (κ1) is 36.7. The molecule has 1 fully saturated rings. The number of para-hydroxylation sites is 1. The normalized spacial score (nSPS) is 12.4. The minimum atomic E-state index is -0.589. The van der Waals surface area contributed by atoms with Gasteiger partial charge in [0.05, 0.1) is 17.3 Å². The largest absolute Gasteiger partial charge is 0.487 e. The lowest BCUT2D eigenvalue weighted by atomic mass is 10.1. The van der Waals surface area contributed by atoms with Gasteiger partial charge in [-0.1, -0.05) is 47.5 Å². The van der Waals surface area contributed by atoms with E-state index in [0.717, 1.165) is 29.7 Å². The fourth-order valence-corrected chi connectivity index (χ4v) is 5.43. The molecule has 46 heavy (non-hydrogen) atoms. The molecule has 0 unspecified atom stereocenters. The first-order valence-corrected chi connectivity index (χ1v) is 14.8. The molecule has 4 aromatic rings. The fourth-order valence-electron chi connectivity index (χ4n) is 4.83. The van der Waals surface area contributed by atoms with Crippen molar-refractivity contribution in [3.8, 4) is 5.75 Å². The van der Waals surface area contributed by atoms with Crippen molar-refractivity contribution in [1.82, 2.24) is 20.5 Å². The molecule has 0 bridgehead atoms. The van der Waals surface area contributed by atoms with Crippen molar-refractivity contribution < 1.29 is 19.1 Å². The number of carbonyl (C=O) groups is 3. The Morgan fingerprint density at radius 3 is 2.50 bits per heavy atom. The summed E-state index contributed by atoms with van der Waals surface area (Å²) in [7, 11) is 1.56. The van der Waals surface area contributed by atoms with E-state index in [1.165, 1.54) is 4.90 Å². The molecule has 14 heteroatoms. The third-order valence-electron chi connectivity index (χ3n) is 7.27. The van der Waals surface area contributed by atoms with E-state index < -0.39 is 11.9 Å². The number of aryl methyl sites for hydroxylation is 1. The molecule has 1 aliphatic heterocycles. The molecule has 0 radical (unpaired) electrons. The van der Waals surface area contributed by atoms with Gasteiger partial charge in [-0.25, -0.2) is 9.78 Å². The first-order valence-electron chi connectivity index (χ1n) is 14.1. The number of rotatable bonds is 8. The summed E-state index contributed by atoms with van der Waals surface area (Å²) in [5, 5.41) is 10.0. The maximum Gasteiger partial charge on any atom is 0.319 e. The van der Waals surface area contributed by atoms with E-state index in [4.69, 9.17) is 27.9 Å². The zero-order valence-corrected chi connectivity index (χ0v) is 28.3. The van der Waals surface area contributed by atoms with E-state index in [0.29, 0.717) is 46.4 Å². The minimum Gasteiger partial charge on any atom is -0.487 e. The maximum atomic E-state index is 13.0. The van der Waals surface area contributed by atoms with Crippen LogP contribution < -0.4 is 25.6 Å². The van der Waals surface area contributed by atoms with Crippen molar-refractivity contribution in [2.45, 2.75) is 13.5 Å². The quantitative estimate of drug-likeness (QED) is 0.204. The predicted octanol–water partition coefficient (Wildman–Crippen LogP) is 6.10. The average molecular weight is 708 g/mol. The number of nitrogens with zero attached hydrogens (tertiary/aromatic N) is 3. The second-order valence-corrected chi connectivity index (χ2v) is 11.1. The summed E-state index contributed by atoms with van der Waals surface area (Å²) in [5.74, 6) is 0.0792. The molecule has 4 amide bonds. The lowest BCUT2D eigenvalue weighted by Gasteiger charge is -2.27. The summed E-state index contributed by atoms with van der Waals surface area (Å²) >= 11 is 13.2. The van der Waals surface area contributed by atoms with Gasteiger partial charge >= 0.3 is 6.03 Å². The Hall–Kier alpha value is -3.80. The van der Waals surface area contributed by atoms with Crippen molar-refractivity contribution in [3.63, 3.8) is 0 Å². The number of ether oxygens (including phenoxy) is 1. The monoisotopic (exact) mass is 706 g/mol. The second-order valence-electron chi connectivity index (χ2n) is 10.3. The minimum absolute atomic E-state index is 0. The molecular formula is C32H34Cl4N6O4. The number of fused-ring (bicyclic) bond motifs is 1. The Morgan fingerprint density at radius 1 is 1.00 bits per heavy atom. The summed E-state index contributed by atoms with van der Waals surface area (Å²) in [6.45, 7) is 4.40. The molecule has 0 saturated carbocycles. The first-order chi connectivity index (χ1) is 21.2. The number of carbonyl (C=O) groups excluding carboxylic acids is 3. The Labute approximate surface area is 289 Å². The van der Waals surface area contributed by atoms with Gasteiger partial charge in [-0.3, -0.25) is 9.59 Å². The standard InChI is InChI=1S/C32H32Cl2N6O4.2ClH/c1-20-9-10-21-5-4-8-27(30(21)37-20)44-19-24-25(33)11-12-26(29(24)34)39(2)28(41)18-36-32(43)38-23-7-3-6-22(17-23)31(42)40-15-13-35-14-16-40;;/h3-12,17,35H,13-16,18-19H2,1-2H3,(H2,36,38,43);2*1H. The molecular weight excluding hydrogens is 674 g/mol. The number of benzene rings is 3. The van der Waals surface area contributed by atoms with Crippen molar-refractivity contribution in [3.05, 3.63) is 93.6 Å². The molecule has 1 aromatic heterocycles. The van der Waals surface area contributed by atoms with Gasteiger partial charge in [0.1, 0.15) is 17.9 Å². The van der Waals surface area contributed by atoms with Crippen LogP contribution in [0.4, 0.5) is 16.2 Å². The molecule has 5 rings (SSSR count). The molecule has 2 heterocycles. The van der Waals surface area contributed by atoms with Crippen LogP contribution in [-0.4, -0.2) is 67.5 Å². The van der Waals surface area contributed by atoms with Crippen LogP contribution in [0.3, 0.4) is 0 Å². The van der Waals surface area contributed by atoms with E-state index >= 15 is 0 Å². The molecule has 0 spiro atoms. The van der Waals surface area contributed by atoms with Gasteiger partial charge in [0.2, 0.25) is 5.91 Å². The summed E-state index contributed by atoms with van der Waals surface area (Å²) in [6, 6.07) is 19.0. The summed E-state index contributed by atoms with van der Waals surface area (Å²) in [4.78, 5) is 46.1. The number of pyridine rings is 1. The molecule has 1 saturated heterocycles. The van der Waals surface area contributed by atoms with Gasteiger partial charge in [0, 0.05) is 66.1 Å². The fraction of sp³-hybridized carbons (Fsp3) is 0.250. The zero-order chi connectivity index (χ0) is 31.2. The third-order valence-corrected chi connectivity index (χ3v) is 8.04. The molecule has 244 valence electrons. The van der Waals surface area contributed by atoms with Gasteiger partial charge in [0.15, 0.2) is 0 Å². The Kier molecular flexibility index (Phi) is 13.3. The van der Waals surface area contributed by atoms with Gasteiger partial charge in [0.25, 0.3) is 5.91 Å². The van der Waals surface area contributed by atoms with E-state index in [1.807, 2.05) is 37.3 Å². The van der Waals surface area contributed by atoms with Crippen LogP contribution in [0, 0.1) is 6.92 Å². The topological polar surface area (TPSA) is 116 Å². The van der Waals surface area contributed by atoms with Crippen LogP contribution in [0.1, 0.15) is 21.6 Å². The number of amides is 4. The highest BCUT2D eigenvalue weighted by atomic mass is 35.5. The number of likely N-dealkylation sites (N-methyl/N-ethyl adjacent to an activating group) is 1. The third kappa shape index (κ3) is 8.71. The SMILES string of the molecule is Cc1ccc2cccc(OCc3c(Cl)ccc(N(C)C(=O)CNC(=O)Nc4cccc(C(=O)N5CCNCC5)c4)c3Cl)c2n1.Cl.Cl. The van der Waals surface area contributed by atoms with Crippen LogP contribution in [0.5, 0.6) is 5.75 Å².